The van der Waals surface area contributed by atoms with Gasteiger partial charge in [0.2, 0.25) is 0 Å². The van der Waals surface area contributed by atoms with E-state index in [2.05, 4.69) is 88.5 Å². The molecule has 182 valence electrons. The summed E-state index contributed by atoms with van der Waals surface area (Å²) < 4.78 is 0. The molecule has 2 N–H and O–H groups in total. The number of H-pyrrole nitrogens is 2. The third kappa shape index (κ3) is 3.72. The highest BCUT2D eigenvalue weighted by molar-refractivity contribution is 5.91. The van der Waals surface area contributed by atoms with E-state index in [4.69, 9.17) is 9.97 Å². The first kappa shape index (κ1) is 21.8. The first-order valence-electron chi connectivity index (χ1n) is 13.1. The van der Waals surface area contributed by atoms with Gasteiger partial charge < -0.3 is 9.97 Å². The van der Waals surface area contributed by atoms with Crippen LogP contribution >= 0.6 is 0 Å². The standard InChI is InChI=1S/C30H32N6/c1-35-13-3-5-27(35)29-31-18-26(34-29)23-10-9-19-15-20(7-8-21(19)16-23)22-11-12-24-25(17-22)33-30(32-24)28-6-4-14-36(28)2/h7-12,15-18,27-28H,3-6,13-14H2,1-2H3,(H,31,34)(H,32,33). The summed E-state index contributed by atoms with van der Waals surface area (Å²) in [5.74, 6) is 2.17. The fraction of sp³-hybridized carbons (Fsp3) is 0.333. The molecule has 2 aliphatic rings. The number of hydrogen-bond acceptors (Lipinski definition) is 4. The number of nitrogens with one attached hydrogen (secondary N) is 2. The van der Waals surface area contributed by atoms with Gasteiger partial charge in [0.15, 0.2) is 0 Å². The second-order valence-corrected chi connectivity index (χ2v) is 10.6. The van der Waals surface area contributed by atoms with E-state index in [-0.39, 0.29) is 0 Å². The summed E-state index contributed by atoms with van der Waals surface area (Å²) in [5, 5.41) is 2.48. The summed E-state index contributed by atoms with van der Waals surface area (Å²) in [7, 11) is 4.38. The van der Waals surface area contributed by atoms with Crippen molar-refractivity contribution in [1.29, 1.82) is 0 Å². The Labute approximate surface area is 211 Å². The molecule has 2 unspecified atom stereocenters. The summed E-state index contributed by atoms with van der Waals surface area (Å²) in [5.41, 5.74) is 6.85. The van der Waals surface area contributed by atoms with E-state index in [1.165, 1.54) is 53.1 Å². The monoisotopic (exact) mass is 476 g/mol. The molecule has 2 saturated heterocycles. The Hall–Kier alpha value is -3.48. The van der Waals surface area contributed by atoms with Crippen molar-refractivity contribution in [2.45, 2.75) is 37.8 Å². The minimum absolute atomic E-state index is 0.403. The number of aromatic nitrogens is 4. The topological polar surface area (TPSA) is 63.8 Å². The van der Waals surface area contributed by atoms with Crippen LogP contribution in [0.15, 0.2) is 60.8 Å². The van der Waals surface area contributed by atoms with Crippen LogP contribution in [-0.2, 0) is 0 Å². The lowest BCUT2D eigenvalue weighted by atomic mass is 9.99. The molecule has 6 heteroatoms. The number of hydrogen-bond donors (Lipinski definition) is 2. The Morgan fingerprint density at radius 3 is 2.08 bits per heavy atom. The predicted molar refractivity (Wildman–Crippen MR) is 146 cm³/mol. The van der Waals surface area contributed by atoms with Crippen LogP contribution in [0.5, 0.6) is 0 Å². The lowest BCUT2D eigenvalue weighted by Gasteiger charge is -2.16. The second kappa shape index (κ2) is 8.57. The zero-order chi connectivity index (χ0) is 24.2. The van der Waals surface area contributed by atoms with Gasteiger partial charge in [-0.3, -0.25) is 9.80 Å². The molecule has 4 heterocycles. The van der Waals surface area contributed by atoms with Crippen LogP contribution in [0.3, 0.4) is 0 Å². The molecule has 0 aliphatic carbocycles. The average Bonchev–Trinajstić information content (AvgIpc) is 3.69. The number of rotatable bonds is 4. The molecule has 2 atom stereocenters. The van der Waals surface area contributed by atoms with E-state index < -0.39 is 0 Å². The highest BCUT2D eigenvalue weighted by Gasteiger charge is 2.26. The Balaban J connectivity index is 1.17. The summed E-state index contributed by atoms with van der Waals surface area (Å²) >= 11 is 0. The normalized spacial score (nSPS) is 21.3. The lowest BCUT2D eigenvalue weighted by Crippen LogP contribution is -2.18. The molecule has 2 fully saturated rings. The molecule has 0 spiro atoms. The molecule has 5 aromatic rings. The van der Waals surface area contributed by atoms with Crippen LogP contribution < -0.4 is 0 Å². The van der Waals surface area contributed by atoms with Gasteiger partial charge in [-0.2, -0.15) is 0 Å². The number of likely N-dealkylation sites (tertiary alicyclic amines) is 2. The van der Waals surface area contributed by atoms with Crippen LogP contribution in [-0.4, -0.2) is 56.9 Å². The third-order valence-corrected chi connectivity index (χ3v) is 8.25. The maximum atomic E-state index is 4.89. The van der Waals surface area contributed by atoms with Gasteiger partial charge in [0.1, 0.15) is 11.6 Å². The molecule has 0 bridgehead atoms. The summed E-state index contributed by atoms with van der Waals surface area (Å²) in [6, 6.07) is 20.8. The molecular formula is C30H32N6. The maximum Gasteiger partial charge on any atom is 0.124 e. The zero-order valence-electron chi connectivity index (χ0n) is 21.0. The van der Waals surface area contributed by atoms with E-state index in [0.29, 0.717) is 12.1 Å². The molecule has 3 aromatic carbocycles. The van der Waals surface area contributed by atoms with Crippen molar-refractivity contribution >= 4 is 21.8 Å². The molecule has 0 radical (unpaired) electrons. The van der Waals surface area contributed by atoms with Gasteiger partial charge in [-0.25, -0.2) is 9.97 Å². The van der Waals surface area contributed by atoms with E-state index in [0.717, 1.165) is 41.5 Å². The first-order chi connectivity index (χ1) is 17.6. The van der Waals surface area contributed by atoms with E-state index in [1.807, 2.05) is 6.20 Å². The van der Waals surface area contributed by atoms with Crippen molar-refractivity contribution < 1.29 is 0 Å². The van der Waals surface area contributed by atoms with Crippen molar-refractivity contribution in [1.82, 2.24) is 29.7 Å². The van der Waals surface area contributed by atoms with Gasteiger partial charge in [0.05, 0.1) is 35.0 Å². The molecule has 0 amide bonds. The highest BCUT2D eigenvalue weighted by Crippen LogP contribution is 2.33. The predicted octanol–water partition coefficient (Wildman–Crippen LogP) is 6.31. The SMILES string of the molecule is CN1CCCC1c1ncc(-c2ccc3cc(-c4ccc5nc(C6CCCN6C)[nH]c5c4)ccc3c2)[nH]1. The Kier molecular flexibility index (Phi) is 5.19. The lowest BCUT2D eigenvalue weighted by molar-refractivity contribution is 0.307. The van der Waals surface area contributed by atoms with Crippen molar-refractivity contribution in [3.63, 3.8) is 0 Å². The quantitative estimate of drug-likeness (QED) is 0.319. The average molecular weight is 477 g/mol. The van der Waals surface area contributed by atoms with Crippen molar-refractivity contribution in [3.8, 4) is 22.4 Å². The molecule has 7 rings (SSSR count). The summed E-state index contributed by atoms with van der Waals surface area (Å²) in [4.78, 5) is 21.6. The summed E-state index contributed by atoms with van der Waals surface area (Å²) in [6.45, 7) is 2.29. The van der Waals surface area contributed by atoms with Gasteiger partial charge in [-0.1, -0.05) is 30.3 Å². The summed E-state index contributed by atoms with van der Waals surface area (Å²) in [6.07, 6.45) is 6.80. The van der Waals surface area contributed by atoms with Crippen LogP contribution in [0, 0.1) is 0 Å². The van der Waals surface area contributed by atoms with Crippen LogP contribution in [0.4, 0.5) is 0 Å². The molecule has 36 heavy (non-hydrogen) atoms. The molecular weight excluding hydrogens is 444 g/mol. The number of imidazole rings is 2. The van der Waals surface area contributed by atoms with Crippen LogP contribution in [0.2, 0.25) is 0 Å². The smallest absolute Gasteiger partial charge is 0.124 e. The number of fused-ring (bicyclic) bond motifs is 2. The van der Waals surface area contributed by atoms with E-state index in [1.54, 1.807) is 0 Å². The van der Waals surface area contributed by atoms with Gasteiger partial charge in [0, 0.05) is 5.56 Å². The van der Waals surface area contributed by atoms with E-state index >= 15 is 0 Å². The number of benzene rings is 3. The largest absolute Gasteiger partial charge is 0.341 e. The molecule has 6 nitrogen and oxygen atoms in total. The molecule has 2 aromatic heterocycles. The minimum Gasteiger partial charge on any atom is -0.341 e. The molecule has 2 aliphatic heterocycles. The maximum absolute atomic E-state index is 4.89. The Bertz CT molecular complexity index is 1560. The minimum atomic E-state index is 0.403. The second-order valence-electron chi connectivity index (χ2n) is 10.6. The van der Waals surface area contributed by atoms with Crippen molar-refractivity contribution in [2.24, 2.45) is 0 Å². The van der Waals surface area contributed by atoms with Crippen LogP contribution in [0.1, 0.15) is 49.4 Å². The van der Waals surface area contributed by atoms with Gasteiger partial charge in [0.25, 0.3) is 0 Å². The third-order valence-electron chi connectivity index (χ3n) is 8.25. The van der Waals surface area contributed by atoms with Crippen molar-refractivity contribution in [2.75, 3.05) is 27.2 Å². The fourth-order valence-corrected chi connectivity index (χ4v) is 6.12. The number of nitrogens with zero attached hydrogens (tertiary/aromatic N) is 4. The van der Waals surface area contributed by atoms with Crippen molar-refractivity contribution in [3.05, 3.63) is 72.4 Å². The Morgan fingerprint density at radius 1 is 0.722 bits per heavy atom. The van der Waals surface area contributed by atoms with Gasteiger partial charge >= 0.3 is 0 Å². The van der Waals surface area contributed by atoms with Crippen LogP contribution in [0.25, 0.3) is 44.2 Å². The van der Waals surface area contributed by atoms with Gasteiger partial charge in [-0.05, 0) is 99.0 Å². The Morgan fingerprint density at radius 2 is 1.36 bits per heavy atom. The fourth-order valence-electron chi connectivity index (χ4n) is 6.12. The first-order valence-corrected chi connectivity index (χ1v) is 13.1. The zero-order valence-corrected chi connectivity index (χ0v) is 21.0. The number of aromatic amines is 2. The van der Waals surface area contributed by atoms with Gasteiger partial charge in [-0.15, -0.1) is 0 Å². The highest BCUT2D eigenvalue weighted by atomic mass is 15.2. The van der Waals surface area contributed by atoms with E-state index in [9.17, 15) is 0 Å². The molecule has 0 saturated carbocycles.